The van der Waals surface area contributed by atoms with Gasteiger partial charge in [-0.1, -0.05) is 17.7 Å². The second kappa shape index (κ2) is 12.3. The molecule has 0 aromatic heterocycles. The number of azo groups is 1. The molecule has 0 N–H and O–H groups in total. The fourth-order valence-electron chi connectivity index (χ4n) is 2.85. The van der Waals surface area contributed by atoms with Crippen LogP contribution in [-0.2, 0) is 9.59 Å². The zero-order chi connectivity index (χ0) is 24.5. The Balaban J connectivity index is 2.47. The topological polar surface area (TPSA) is 99.0 Å². The third-order valence-corrected chi connectivity index (χ3v) is 4.85. The van der Waals surface area contributed by atoms with Crippen LogP contribution in [0.4, 0.5) is 11.4 Å². The highest BCUT2D eigenvalue weighted by atomic mass is 35.5. The zero-order valence-corrected chi connectivity index (χ0v) is 20.4. The number of benzene rings is 2. The number of methoxy groups -OCH3 is 2. The molecular formula is C22H25Cl2N3O6. The third kappa shape index (κ3) is 6.27. The Morgan fingerprint density at radius 2 is 1.64 bits per heavy atom. The first-order chi connectivity index (χ1) is 15.8. The summed E-state index contributed by atoms with van der Waals surface area (Å²) < 4.78 is 22.5. The van der Waals surface area contributed by atoms with Gasteiger partial charge in [-0.15, -0.1) is 5.11 Å². The number of nitrogens with zero attached hydrogens (tertiary/aromatic N) is 3. The average molecular weight is 498 g/mol. The van der Waals surface area contributed by atoms with Crippen LogP contribution >= 0.6 is 23.4 Å². The van der Waals surface area contributed by atoms with E-state index in [-0.39, 0.29) is 17.1 Å². The van der Waals surface area contributed by atoms with Crippen LogP contribution in [0.15, 0.2) is 40.6 Å². The van der Waals surface area contributed by atoms with E-state index in [9.17, 15) is 9.59 Å². The Bertz CT molecular complexity index is 1000. The molecule has 0 spiro atoms. The van der Waals surface area contributed by atoms with E-state index < -0.39 is 17.7 Å². The number of ketones is 1. The van der Waals surface area contributed by atoms with Crippen LogP contribution in [0.1, 0.15) is 20.8 Å². The molecule has 0 bridgehead atoms. The summed E-state index contributed by atoms with van der Waals surface area (Å²) in [6.45, 7) is 5.45. The molecule has 0 saturated heterocycles. The van der Waals surface area contributed by atoms with Crippen LogP contribution in [0.2, 0.25) is 5.02 Å². The molecule has 33 heavy (non-hydrogen) atoms. The number of rotatable bonds is 11. The molecule has 178 valence electrons. The monoisotopic (exact) mass is 497 g/mol. The molecule has 0 radical (unpaired) electrons. The minimum Gasteiger partial charge on any atom is -0.493 e. The summed E-state index contributed by atoms with van der Waals surface area (Å²) in [4.78, 5) is 25.4. The van der Waals surface area contributed by atoms with Gasteiger partial charge in [-0.05, 0) is 32.9 Å². The molecule has 0 aliphatic rings. The van der Waals surface area contributed by atoms with Gasteiger partial charge in [-0.25, -0.2) is 4.42 Å². The van der Waals surface area contributed by atoms with Crippen molar-refractivity contribution in [2.75, 3.05) is 31.9 Å². The maximum atomic E-state index is 13.1. The highest BCUT2D eigenvalue weighted by Gasteiger charge is 2.31. The molecule has 1 amide bonds. The van der Waals surface area contributed by atoms with Crippen LogP contribution in [0, 0.1) is 0 Å². The predicted octanol–water partition coefficient (Wildman–Crippen LogP) is 5.38. The van der Waals surface area contributed by atoms with Crippen molar-refractivity contribution in [3.8, 4) is 23.0 Å². The molecule has 0 aliphatic heterocycles. The average Bonchev–Trinajstić information content (AvgIpc) is 2.79. The van der Waals surface area contributed by atoms with Gasteiger partial charge in [0.05, 0.1) is 27.4 Å². The van der Waals surface area contributed by atoms with Crippen molar-refractivity contribution in [1.29, 1.82) is 0 Å². The van der Waals surface area contributed by atoms with Gasteiger partial charge in [-0.2, -0.15) is 5.11 Å². The first kappa shape index (κ1) is 26.2. The lowest BCUT2D eigenvalue weighted by Crippen LogP contribution is -2.36. The fourth-order valence-corrected chi connectivity index (χ4v) is 3.27. The molecule has 1 atom stereocenters. The van der Waals surface area contributed by atoms with Crippen molar-refractivity contribution in [2.24, 2.45) is 10.2 Å². The number of para-hydroxylation sites is 1. The predicted molar refractivity (Wildman–Crippen MR) is 126 cm³/mol. The smallest absolute Gasteiger partial charge is 0.276 e. The SMILES string of the molecule is CCOc1cc(Cl)cc(OCC)c1N=NC(C(C)=O)C(=O)N(Cl)c1cccc(OC)c1OC. The van der Waals surface area contributed by atoms with E-state index in [4.69, 9.17) is 42.3 Å². The Hall–Kier alpha value is -3.04. The van der Waals surface area contributed by atoms with Gasteiger partial charge in [0.1, 0.15) is 5.69 Å². The lowest BCUT2D eigenvalue weighted by Gasteiger charge is -2.20. The fraction of sp³-hybridized carbons (Fsp3) is 0.364. The van der Waals surface area contributed by atoms with Gasteiger partial charge >= 0.3 is 0 Å². The number of Topliss-reactive ketones (excluding diaryl/α,β-unsaturated/α-hetero) is 1. The molecule has 2 rings (SSSR count). The number of ether oxygens (including phenoxy) is 4. The highest BCUT2D eigenvalue weighted by Crippen LogP contribution is 2.41. The Morgan fingerprint density at radius 1 is 1.03 bits per heavy atom. The first-order valence-corrected chi connectivity index (χ1v) is 10.7. The normalized spacial score (nSPS) is 11.7. The molecule has 0 heterocycles. The number of amides is 1. The zero-order valence-electron chi connectivity index (χ0n) is 18.9. The summed E-state index contributed by atoms with van der Waals surface area (Å²) in [6.07, 6.45) is 0. The van der Waals surface area contributed by atoms with Gasteiger partial charge in [0.25, 0.3) is 5.91 Å². The molecule has 1 unspecified atom stereocenters. The first-order valence-electron chi connectivity index (χ1n) is 10.00. The molecule has 0 fully saturated rings. The van der Waals surface area contributed by atoms with Gasteiger partial charge in [-0.3, -0.25) is 9.59 Å². The molecular weight excluding hydrogens is 473 g/mol. The maximum absolute atomic E-state index is 13.1. The number of halogens is 2. The van der Waals surface area contributed by atoms with E-state index in [0.29, 0.717) is 35.5 Å². The number of hydrogen-bond donors (Lipinski definition) is 0. The second-order valence-electron chi connectivity index (χ2n) is 6.48. The van der Waals surface area contributed by atoms with Crippen molar-refractivity contribution in [3.05, 3.63) is 35.4 Å². The summed E-state index contributed by atoms with van der Waals surface area (Å²) >= 11 is 12.4. The number of anilines is 1. The van der Waals surface area contributed by atoms with Crippen molar-refractivity contribution < 1.29 is 28.5 Å². The van der Waals surface area contributed by atoms with Gasteiger partial charge in [0.2, 0.25) is 6.04 Å². The molecule has 0 aliphatic carbocycles. The standard InChI is InChI=1S/C22H25Cl2N3O6/c1-6-32-17-11-14(23)12-18(33-7-2)20(17)26-25-19(13(3)28)22(29)27(24)15-9-8-10-16(30-4)21(15)31-5/h8-12,19H,6-7H2,1-5H3. The van der Waals surface area contributed by atoms with E-state index in [1.165, 1.54) is 21.1 Å². The summed E-state index contributed by atoms with van der Waals surface area (Å²) in [5, 5.41) is 8.46. The van der Waals surface area contributed by atoms with E-state index in [1.807, 2.05) is 0 Å². The van der Waals surface area contributed by atoms with E-state index in [1.54, 1.807) is 44.2 Å². The van der Waals surface area contributed by atoms with E-state index >= 15 is 0 Å². The number of hydrogen-bond acceptors (Lipinski definition) is 8. The third-order valence-electron chi connectivity index (χ3n) is 4.28. The quantitative estimate of drug-likeness (QED) is 0.234. The van der Waals surface area contributed by atoms with Crippen LogP contribution in [-0.4, -0.2) is 45.2 Å². The molecule has 11 heteroatoms. The minimum absolute atomic E-state index is 0.182. The summed E-state index contributed by atoms with van der Waals surface area (Å²) in [6, 6.07) is 6.37. The van der Waals surface area contributed by atoms with Crippen molar-refractivity contribution in [2.45, 2.75) is 26.8 Å². The van der Waals surface area contributed by atoms with Gasteiger partial charge < -0.3 is 18.9 Å². The summed E-state index contributed by atoms with van der Waals surface area (Å²) in [5.74, 6) is -0.227. The molecule has 9 nitrogen and oxygen atoms in total. The van der Waals surface area contributed by atoms with Crippen LogP contribution in [0.25, 0.3) is 0 Å². The minimum atomic E-state index is -1.53. The lowest BCUT2D eigenvalue weighted by molar-refractivity contribution is -0.126. The van der Waals surface area contributed by atoms with E-state index in [2.05, 4.69) is 10.2 Å². The molecule has 2 aromatic carbocycles. The van der Waals surface area contributed by atoms with Crippen molar-refractivity contribution >= 4 is 46.4 Å². The lowest BCUT2D eigenvalue weighted by atomic mass is 10.2. The Morgan fingerprint density at radius 3 is 2.12 bits per heavy atom. The number of carbonyl (C=O) groups is 2. The van der Waals surface area contributed by atoms with E-state index in [0.717, 1.165) is 4.42 Å². The van der Waals surface area contributed by atoms with Crippen molar-refractivity contribution in [1.82, 2.24) is 0 Å². The van der Waals surface area contributed by atoms with Crippen LogP contribution < -0.4 is 23.4 Å². The summed E-state index contributed by atoms with van der Waals surface area (Å²) in [7, 11) is 2.86. The van der Waals surface area contributed by atoms with Crippen LogP contribution in [0.5, 0.6) is 23.0 Å². The maximum Gasteiger partial charge on any atom is 0.276 e. The second-order valence-corrected chi connectivity index (χ2v) is 7.25. The van der Waals surface area contributed by atoms with Gasteiger partial charge in [0.15, 0.2) is 34.5 Å². The molecule has 0 saturated carbocycles. The van der Waals surface area contributed by atoms with Crippen molar-refractivity contribution in [3.63, 3.8) is 0 Å². The summed E-state index contributed by atoms with van der Waals surface area (Å²) in [5.41, 5.74) is 0.378. The Kier molecular flexibility index (Phi) is 9.74. The Labute approximate surface area is 202 Å². The number of carbonyl (C=O) groups excluding carboxylic acids is 2. The van der Waals surface area contributed by atoms with Crippen LogP contribution in [0.3, 0.4) is 0 Å². The largest absolute Gasteiger partial charge is 0.493 e. The van der Waals surface area contributed by atoms with Gasteiger partial charge in [0, 0.05) is 28.9 Å². The highest BCUT2D eigenvalue weighted by molar-refractivity contribution is 6.39. The molecule has 2 aromatic rings.